The van der Waals surface area contributed by atoms with Gasteiger partial charge in [0.15, 0.2) is 0 Å². The number of allylic oxidation sites excluding steroid dienone is 2. The lowest BCUT2D eigenvalue weighted by Gasteiger charge is -2.38. The number of carbonyl (C=O) groups excluding carboxylic acids is 1. The van der Waals surface area contributed by atoms with Crippen molar-refractivity contribution >= 4 is 11.7 Å². The van der Waals surface area contributed by atoms with Crippen LogP contribution in [0.1, 0.15) is 39.9 Å². The van der Waals surface area contributed by atoms with E-state index in [0.717, 1.165) is 17.9 Å². The number of carbonyl (C=O) groups is 1. The largest absolute Gasteiger partial charge is 0.495 e. The Hall–Kier alpha value is -2.75. The average Bonchev–Trinajstić information content (AvgIpc) is 3.16. The van der Waals surface area contributed by atoms with Crippen LogP contribution in [-0.4, -0.2) is 20.2 Å². The number of hydrogen-bond donors (Lipinski definition) is 1. The summed E-state index contributed by atoms with van der Waals surface area (Å²) >= 11 is 0. The molecule has 0 radical (unpaired) electrons. The van der Waals surface area contributed by atoms with Crippen LogP contribution in [0.2, 0.25) is 0 Å². The zero-order chi connectivity index (χ0) is 17.4. The van der Waals surface area contributed by atoms with Crippen LogP contribution in [0.15, 0.2) is 54.6 Å². The molecule has 4 rings (SSSR count). The number of benzene rings is 2. The highest BCUT2D eigenvalue weighted by Gasteiger charge is 2.38. The number of nitrogens with one attached hydrogen (secondary N) is 1. The molecule has 4 heteroatoms. The van der Waals surface area contributed by atoms with Crippen LogP contribution in [0.5, 0.6) is 5.75 Å². The Kier molecular flexibility index (Phi) is 3.96. The van der Waals surface area contributed by atoms with E-state index < -0.39 is 0 Å². The molecule has 128 valence electrons. The van der Waals surface area contributed by atoms with Gasteiger partial charge in [-0.25, -0.2) is 4.79 Å². The van der Waals surface area contributed by atoms with Crippen LogP contribution in [-0.2, 0) is 4.74 Å². The van der Waals surface area contributed by atoms with Crippen molar-refractivity contribution in [2.75, 3.05) is 19.5 Å². The first-order valence-electron chi connectivity index (χ1n) is 8.51. The summed E-state index contributed by atoms with van der Waals surface area (Å²) in [4.78, 5) is 11.7. The number of fused-ring (bicyclic) bond motifs is 3. The smallest absolute Gasteiger partial charge is 0.337 e. The summed E-state index contributed by atoms with van der Waals surface area (Å²) in [5, 5.41) is 3.69. The zero-order valence-electron chi connectivity index (χ0n) is 14.4. The second kappa shape index (κ2) is 6.28. The highest BCUT2D eigenvalue weighted by molar-refractivity contribution is 5.89. The van der Waals surface area contributed by atoms with Crippen molar-refractivity contribution < 1.29 is 14.3 Å². The number of methoxy groups -OCH3 is 2. The van der Waals surface area contributed by atoms with Gasteiger partial charge in [-0.2, -0.15) is 0 Å². The predicted octanol–water partition coefficient (Wildman–Crippen LogP) is 4.31. The molecule has 0 spiro atoms. The lowest BCUT2D eigenvalue weighted by molar-refractivity contribution is 0.0600. The molecule has 2 aromatic rings. The van der Waals surface area contributed by atoms with E-state index in [1.54, 1.807) is 7.11 Å². The number of anilines is 1. The molecule has 0 aromatic heterocycles. The summed E-state index contributed by atoms with van der Waals surface area (Å²) in [6.45, 7) is 0. The highest BCUT2D eigenvalue weighted by atomic mass is 16.5. The van der Waals surface area contributed by atoms with Gasteiger partial charge in [0.2, 0.25) is 0 Å². The van der Waals surface area contributed by atoms with Gasteiger partial charge in [0.25, 0.3) is 0 Å². The van der Waals surface area contributed by atoms with Crippen LogP contribution in [0.4, 0.5) is 5.69 Å². The van der Waals surface area contributed by atoms with E-state index in [9.17, 15) is 4.79 Å². The molecular weight excluding hydrogens is 314 g/mol. The van der Waals surface area contributed by atoms with E-state index in [1.807, 2.05) is 36.4 Å². The molecule has 0 fully saturated rings. The van der Waals surface area contributed by atoms with E-state index >= 15 is 0 Å². The van der Waals surface area contributed by atoms with Gasteiger partial charge in [0.1, 0.15) is 5.75 Å². The predicted molar refractivity (Wildman–Crippen MR) is 97.1 cm³/mol. The molecule has 0 bridgehead atoms. The van der Waals surface area contributed by atoms with Gasteiger partial charge in [-0.3, -0.25) is 0 Å². The van der Waals surface area contributed by atoms with Gasteiger partial charge in [0.05, 0.1) is 31.5 Å². The summed E-state index contributed by atoms with van der Waals surface area (Å²) in [5.41, 5.74) is 4.10. The molecule has 4 nitrogen and oxygen atoms in total. The normalized spacial score (nSPS) is 23.4. The SMILES string of the molecule is COC(=O)c1ccc([C@H]2Nc3c(OC)cccc3[C@H]3C=CC[C@H]32)cc1. The first kappa shape index (κ1) is 15.8. The van der Waals surface area contributed by atoms with Crippen LogP contribution in [0, 0.1) is 5.92 Å². The summed E-state index contributed by atoms with van der Waals surface area (Å²) < 4.78 is 10.3. The summed E-state index contributed by atoms with van der Waals surface area (Å²) in [7, 11) is 3.10. The molecule has 0 amide bonds. The van der Waals surface area contributed by atoms with Crippen LogP contribution in [0.25, 0.3) is 0 Å². The molecule has 2 aromatic carbocycles. The summed E-state index contributed by atoms with van der Waals surface area (Å²) in [6, 6.07) is 14.1. The first-order chi connectivity index (χ1) is 12.2. The molecular formula is C21H21NO3. The summed E-state index contributed by atoms with van der Waals surface area (Å²) in [5.74, 6) is 1.41. The van der Waals surface area contributed by atoms with Crippen molar-refractivity contribution in [3.63, 3.8) is 0 Å². The minimum atomic E-state index is -0.310. The van der Waals surface area contributed by atoms with Gasteiger partial charge >= 0.3 is 5.97 Å². The second-order valence-electron chi connectivity index (χ2n) is 6.51. The standard InChI is InChI=1S/C21H21NO3/c1-24-18-8-4-7-17-15-5-3-6-16(15)19(22-20(17)18)13-9-11-14(12-10-13)21(23)25-2/h3-5,7-12,15-16,19,22H,6H2,1-2H3/t15-,16+,19+/m0/s1. The van der Waals surface area contributed by atoms with Crippen molar-refractivity contribution in [1.82, 2.24) is 0 Å². The van der Waals surface area contributed by atoms with Gasteiger partial charge < -0.3 is 14.8 Å². The topological polar surface area (TPSA) is 47.6 Å². The first-order valence-corrected chi connectivity index (χ1v) is 8.51. The maximum absolute atomic E-state index is 11.7. The second-order valence-corrected chi connectivity index (χ2v) is 6.51. The number of esters is 1. The molecule has 1 aliphatic carbocycles. The fourth-order valence-electron chi connectivity index (χ4n) is 4.04. The Morgan fingerprint density at radius 2 is 1.92 bits per heavy atom. The third-order valence-corrected chi connectivity index (χ3v) is 5.27. The van der Waals surface area contributed by atoms with Crippen LogP contribution in [0.3, 0.4) is 0 Å². The van der Waals surface area contributed by atoms with E-state index in [-0.39, 0.29) is 12.0 Å². The van der Waals surface area contributed by atoms with E-state index in [1.165, 1.54) is 18.2 Å². The lowest BCUT2D eigenvalue weighted by atomic mass is 9.77. The number of hydrogen-bond acceptors (Lipinski definition) is 4. The van der Waals surface area contributed by atoms with Crippen molar-refractivity contribution in [3.8, 4) is 5.75 Å². The molecule has 0 unspecified atom stereocenters. The minimum Gasteiger partial charge on any atom is -0.495 e. The minimum absolute atomic E-state index is 0.176. The maximum Gasteiger partial charge on any atom is 0.337 e. The third-order valence-electron chi connectivity index (χ3n) is 5.27. The Bertz CT molecular complexity index is 826. The molecule has 3 atom stereocenters. The Balaban J connectivity index is 1.72. The summed E-state index contributed by atoms with van der Waals surface area (Å²) in [6.07, 6.45) is 5.61. The monoisotopic (exact) mass is 335 g/mol. The fourth-order valence-corrected chi connectivity index (χ4v) is 4.04. The van der Waals surface area contributed by atoms with Crippen LogP contribution < -0.4 is 10.1 Å². The maximum atomic E-state index is 11.7. The van der Waals surface area contributed by atoms with E-state index in [4.69, 9.17) is 9.47 Å². The van der Waals surface area contributed by atoms with Crippen molar-refractivity contribution in [1.29, 1.82) is 0 Å². The number of rotatable bonds is 3. The Morgan fingerprint density at radius 1 is 1.12 bits per heavy atom. The molecule has 1 heterocycles. The Labute approximate surface area is 147 Å². The fraction of sp³-hybridized carbons (Fsp3) is 0.286. The van der Waals surface area contributed by atoms with E-state index in [2.05, 4.69) is 23.5 Å². The molecule has 2 aliphatic rings. The van der Waals surface area contributed by atoms with Gasteiger partial charge in [-0.15, -0.1) is 0 Å². The Morgan fingerprint density at radius 3 is 2.64 bits per heavy atom. The van der Waals surface area contributed by atoms with Gasteiger partial charge in [-0.05, 0) is 41.7 Å². The molecule has 0 saturated heterocycles. The van der Waals surface area contributed by atoms with Crippen LogP contribution >= 0.6 is 0 Å². The molecule has 0 saturated carbocycles. The number of ether oxygens (including phenoxy) is 2. The average molecular weight is 335 g/mol. The van der Waals surface area contributed by atoms with E-state index in [0.29, 0.717) is 17.4 Å². The quantitative estimate of drug-likeness (QED) is 0.671. The van der Waals surface area contributed by atoms with Gasteiger partial charge in [-0.1, -0.05) is 36.4 Å². The van der Waals surface area contributed by atoms with Crippen molar-refractivity contribution in [3.05, 3.63) is 71.3 Å². The van der Waals surface area contributed by atoms with Crippen molar-refractivity contribution in [2.24, 2.45) is 5.92 Å². The highest BCUT2D eigenvalue weighted by Crippen LogP contribution is 2.52. The third kappa shape index (κ3) is 2.58. The molecule has 1 aliphatic heterocycles. The molecule has 25 heavy (non-hydrogen) atoms. The van der Waals surface area contributed by atoms with Gasteiger partial charge in [0, 0.05) is 5.92 Å². The van der Waals surface area contributed by atoms with Crippen molar-refractivity contribution in [2.45, 2.75) is 18.4 Å². The molecule has 1 N–H and O–H groups in total. The number of para-hydroxylation sites is 1. The lowest BCUT2D eigenvalue weighted by Crippen LogP contribution is -2.29. The zero-order valence-corrected chi connectivity index (χ0v) is 14.4.